The Labute approximate surface area is 153 Å². The maximum Gasteiger partial charge on any atom is 0.0778 e. The number of nitrogens with one attached hydrogen (secondary N) is 2. The second-order valence-electron chi connectivity index (χ2n) is 8.14. The topological polar surface area (TPSA) is 91.4 Å². The van der Waals surface area contributed by atoms with E-state index >= 15 is 0 Å². The molecule has 0 radical (unpaired) electrons. The molecule has 3 aromatic rings. The van der Waals surface area contributed by atoms with Crippen LogP contribution in [-0.2, 0) is 18.3 Å². The van der Waals surface area contributed by atoms with E-state index < -0.39 is 0 Å². The maximum atomic E-state index is 7.85. The second-order valence-corrected chi connectivity index (χ2v) is 8.14. The molecule has 1 aliphatic rings. The smallest absolute Gasteiger partial charge is 0.0778 e. The summed E-state index contributed by atoms with van der Waals surface area (Å²) >= 11 is 0. The number of H-pyrrole nitrogens is 1. The predicted octanol–water partition coefficient (Wildman–Crippen LogP) is 4.38. The van der Waals surface area contributed by atoms with E-state index in [2.05, 4.69) is 31.0 Å². The molecule has 0 unspecified atom stereocenters. The molecule has 2 aromatic heterocycles. The van der Waals surface area contributed by atoms with Crippen molar-refractivity contribution in [2.45, 2.75) is 51.9 Å². The summed E-state index contributed by atoms with van der Waals surface area (Å²) in [7, 11) is 0. The first-order valence-corrected chi connectivity index (χ1v) is 9.20. The summed E-state index contributed by atoms with van der Waals surface area (Å²) in [6.07, 6.45) is 7.61. The minimum absolute atomic E-state index is 0.0365. The summed E-state index contributed by atoms with van der Waals surface area (Å²) < 4.78 is 0. The van der Waals surface area contributed by atoms with E-state index in [1.807, 2.05) is 18.3 Å². The van der Waals surface area contributed by atoms with E-state index in [1.165, 1.54) is 17.3 Å². The lowest BCUT2D eigenvalue weighted by atomic mass is 9.82. The zero-order valence-electron chi connectivity index (χ0n) is 15.6. The molecular weight excluding hydrogens is 322 g/mol. The molecule has 0 fully saturated rings. The molecule has 5 nitrogen and oxygen atoms in total. The molecule has 26 heavy (non-hydrogen) atoms. The van der Waals surface area contributed by atoms with Gasteiger partial charge in [-0.1, -0.05) is 20.8 Å². The normalized spacial score (nSPS) is 14.4. The van der Waals surface area contributed by atoms with Crippen molar-refractivity contribution in [2.24, 2.45) is 0 Å². The van der Waals surface area contributed by atoms with Gasteiger partial charge in [0.25, 0.3) is 0 Å². The molecule has 0 amide bonds. The van der Waals surface area contributed by atoms with E-state index in [0.29, 0.717) is 5.69 Å². The number of anilines is 1. The number of benzene rings is 1. The Morgan fingerprint density at radius 2 is 1.88 bits per heavy atom. The standard InChI is InChI=1S/C21H25N5/c1-21(2,3)20-15(11-24-26-20)19-13-7-5-4-6-12(13)18-14(10-22)16(23)8-9-17(18)25-19/h8-11,22H,4-7,23H2,1-3H3,(H,24,26). The Morgan fingerprint density at radius 3 is 2.58 bits per heavy atom. The van der Waals surface area contributed by atoms with Crippen LogP contribution >= 0.6 is 0 Å². The lowest BCUT2D eigenvalue weighted by Crippen LogP contribution is -2.15. The summed E-state index contributed by atoms with van der Waals surface area (Å²) in [6, 6.07) is 3.83. The third kappa shape index (κ3) is 2.50. The SMILES string of the molecule is CC(C)(C)c1[nH]ncc1-c1nc2ccc(N)c(C=N)c2c2c1CCCC2. The van der Waals surface area contributed by atoms with Crippen LogP contribution in [0.3, 0.4) is 0 Å². The van der Waals surface area contributed by atoms with Crippen LogP contribution in [-0.4, -0.2) is 21.4 Å². The fourth-order valence-electron chi connectivity index (χ4n) is 4.08. The van der Waals surface area contributed by atoms with Crippen LogP contribution in [0, 0.1) is 5.41 Å². The van der Waals surface area contributed by atoms with Crippen LogP contribution in [0.25, 0.3) is 22.2 Å². The number of hydrogen-bond acceptors (Lipinski definition) is 4. The molecule has 5 heteroatoms. The first-order chi connectivity index (χ1) is 12.4. The van der Waals surface area contributed by atoms with Gasteiger partial charge in [0.15, 0.2) is 0 Å². The van der Waals surface area contributed by atoms with Gasteiger partial charge in [-0.3, -0.25) is 5.10 Å². The quantitative estimate of drug-likeness (QED) is 0.474. The van der Waals surface area contributed by atoms with Gasteiger partial charge in [0.1, 0.15) is 0 Å². The Morgan fingerprint density at radius 1 is 1.15 bits per heavy atom. The summed E-state index contributed by atoms with van der Waals surface area (Å²) in [4.78, 5) is 5.04. The molecule has 1 aromatic carbocycles. The Bertz CT molecular complexity index is 1010. The number of hydrogen-bond donors (Lipinski definition) is 3. The van der Waals surface area contributed by atoms with Crippen LogP contribution in [0.5, 0.6) is 0 Å². The summed E-state index contributed by atoms with van der Waals surface area (Å²) in [6.45, 7) is 6.56. The molecular formula is C21H25N5. The third-order valence-electron chi connectivity index (χ3n) is 5.33. The molecule has 0 bridgehead atoms. The van der Waals surface area contributed by atoms with Crippen molar-refractivity contribution in [3.63, 3.8) is 0 Å². The average Bonchev–Trinajstić information content (AvgIpc) is 3.11. The number of pyridine rings is 1. The van der Waals surface area contributed by atoms with Gasteiger partial charge >= 0.3 is 0 Å². The molecule has 0 saturated carbocycles. The van der Waals surface area contributed by atoms with Gasteiger partial charge in [0.2, 0.25) is 0 Å². The second kappa shape index (κ2) is 5.94. The number of rotatable bonds is 2. The van der Waals surface area contributed by atoms with Gasteiger partial charge in [-0.15, -0.1) is 0 Å². The molecule has 0 atom stereocenters. The number of nitrogens with zero attached hydrogens (tertiary/aromatic N) is 2. The van der Waals surface area contributed by atoms with E-state index in [0.717, 1.165) is 59.1 Å². The van der Waals surface area contributed by atoms with Crippen molar-refractivity contribution in [3.8, 4) is 11.3 Å². The van der Waals surface area contributed by atoms with Gasteiger partial charge in [0, 0.05) is 39.5 Å². The number of aryl methyl sites for hydroxylation is 1. The number of nitrogen functional groups attached to an aromatic ring is 1. The monoisotopic (exact) mass is 347 g/mol. The fraction of sp³-hybridized carbons (Fsp3) is 0.381. The zero-order valence-corrected chi connectivity index (χ0v) is 15.6. The van der Waals surface area contributed by atoms with Crippen LogP contribution in [0.4, 0.5) is 5.69 Å². The van der Waals surface area contributed by atoms with Crippen molar-refractivity contribution in [2.75, 3.05) is 5.73 Å². The fourth-order valence-corrected chi connectivity index (χ4v) is 4.08. The average molecular weight is 347 g/mol. The number of nitrogens with two attached hydrogens (primary N) is 1. The van der Waals surface area contributed by atoms with Crippen molar-refractivity contribution in [3.05, 3.63) is 40.7 Å². The van der Waals surface area contributed by atoms with Crippen molar-refractivity contribution in [1.29, 1.82) is 5.41 Å². The Balaban J connectivity index is 2.09. The van der Waals surface area contributed by atoms with Gasteiger partial charge < -0.3 is 11.1 Å². The number of aromatic nitrogens is 3. The highest BCUT2D eigenvalue weighted by atomic mass is 15.1. The summed E-state index contributed by atoms with van der Waals surface area (Å²) in [5.41, 5.74) is 14.3. The molecule has 4 N–H and O–H groups in total. The van der Waals surface area contributed by atoms with Crippen molar-refractivity contribution < 1.29 is 0 Å². The lowest BCUT2D eigenvalue weighted by molar-refractivity contribution is 0.568. The Kier molecular flexibility index (Phi) is 3.83. The molecule has 1 aliphatic carbocycles. The van der Waals surface area contributed by atoms with Crippen LogP contribution in [0.2, 0.25) is 0 Å². The van der Waals surface area contributed by atoms with Gasteiger partial charge in [-0.25, -0.2) is 4.98 Å². The lowest BCUT2D eigenvalue weighted by Gasteiger charge is -2.24. The number of aromatic amines is 1. The van der Waals surface area contributed by atoms with E-state index in [4.69, 9.17) is 16.1 Å². The predicted molar refractivity (Wildman–Crippen MR) is 107 cm³/mol. The third-order valence-corrected chi connectivity index (χ3v) is 5.33. The van der Waals surface area contributed by atoms with Crippen LogP contribution in [0.1, 0.15) is 56.0 Å². The number of fused-ring (bicyclic) bond motifs is 3. The van der Waals surface area contributed by atoms with Crippen LogP contribution in [0.15, 0.2) is 18.3 Å². The van der Waals surface area contributed by atoms with E-state index in [-0.39, 0.29) is 5.41 Å². The van der Waals surface area contributed by atoms with Crippen LogP contribution < -0.4 is 5.73 Å². The zero-order chi connectivity index (χ0) is 18.5. The first kappa shape index (κ1) is 16.8. The molecule has 2 heterocycles. The molecule has 4 rings (SSSR count). The van der Waals surface area contributed by atoms with Gasteiger partial charge in [-0.2, -0.15) is 5.10 Å². The molecule has 0 aliphatic heterocycles. The maximum absolute atomic E-state index is 7.85. The highest BCUT2D eigenvalue weighted by Gasteiger charge is 2.27. The van der Waals surface area contributed by atoms with Crippen molar-refractivity contribution in [1.82, 2.24) is 15.2 Å². The minimum atomic E-state index is -0.0365. The minimum Gasteiger partial charge on any atom is -0.398 e. The van der Waals surface area contributed by atoms with E-state index in [9.17, 15) is 0 Å². The summed E-state index contributed by atoms with van der Waals surface area (Å²) in [5.74, 6) is 0. The molecule has 134 valence electrons. The van der Waals surface area contributed by atoms with Crippen molar-refractivity contribution >= 4 is 22.8 Å². The highest BCUT2D eigenvalue weighted by molar-refractivity contribution is 6.05. The highest BCUT2D eigenvalue weighted by Crippen LogP contribution is 2.39. The molecule has 0 spiro atoms. The molecule has 0 saturated heterocycles. The van der Waals surface area contributed by atoms with Gasteiger partial charge in [0.05, 0.1) is 17.4 Å². The largest absolute Gasteiger partial charge is 0.398 e. The Hall–Kier alpha value is -2.69. The van der Waals surface area contributed by atoms with Gasteiger partial charge in [-0.05, 0) is 48.9 Å². The first-order valence-electron chi connectivity index (χ1n) is 9.20. The summed E-state index contributed by atoms with van der Waals surface area (Å²) in [5, 5.41) is 16.4. The van der Waals surface area contributed by atoms with E-state index in [1.54, 1.807) is 0 Å².